The smallest absolute Gasteiger partial charge is 0.330 e. The van der Waals surface area contributed by atoms with E-state index < -0.39 is 11.2 Å². The lowest BCUT2D eigenvalue weighted by atomic mass is 9.82. The van der Waals surface area contributed by atoms with Gasteiger partial charge in [0.25, 0.3) is 0 Å². The molecule has 0 amide bonds. The Morgan fingerprint density at radius 2 is 1.77 bits per heavy atom. The van der Waals surface area contributed by atoms with Crippen LogP contribution in [0, 0.1) is 0 Å². The minimum Gasteiger partial charge on any atom is -0.454 e. The van der Waals surface area contributed by atoms with Gasteiger partial charge in [-0.2, -0.15) is 0 Å². The molecule has 0 aliphatic carbocycles. The first-order valence-electron chi connectivity index (χ1n) is 8.70. The maximum absolute atomic E-state index is 10.2. The molecule has 4 aromatic rings. The van der Waals surface area contributed by atoms with Gasteiger partial charge in [-0.05, 0) is 39.8 Å². The highest BCUT2D eigenvalue weighted by Gasteiger charge is 2.35. The van der Waals surface area contributed by atoms with Crippen molar-refractivity contribution in [1.82, 2.24) is 4.98 Å². The summed E-state index contributed by atoms with van der Waals surface area (Å²) in [6.07, 6.45) is 1.77. The summed E-state index contributed by atoms with van der Waals surface area (Å²) < 4.78 is 11.7. The fraction of sp³-hybridized carbons (Fsp3) is 0.286. The molecular weight excluding hydrogens is 325 g/mol. The van der Waals surface area contributed by atoms with Crippen molar-refractivity contribution < 1.29 is 14.2 Å². The Kier molecular flexibility index (Phi) is 3.83. The van der Waals surface area contributed by atoms with Gasteiger partial charge in [-0.1, -0.05) is 35.8 Å². The summed E-state index contributed by atoms with van der Waals surface area (Å²) in [6.45, 7) is 7.21. The van der Waals surface area contributed by atoms with E-state index in [0.29, 0.717) is 0 Å². The Bertz CT molecular complexity index is 1110. The number of benzene rings is 2. The van der Waals surface area contributed by atoms with Crippen LogP contribution in [0.25, 0.3) is 32.8 Å². The molecule has 4 nitrogen and oxygen atoms in total. The molecule has 1 N–H and O–H groups in total. The van der Waals surface area contributed by atoms with Crippen LogP contribution in [0.5, 0.6) is 0 Å². The molecular formula is C21H21BNO3. The van der Waals surface area contributed by atoms with Gasteiger partial charge in [-0.3, -0.25) is 4.98 Å². The normalized spacial score (nSPS) is 13.0. The van der Waals surface area contributed by atoms with Gasteiger partial charge in [0.05, 0.1) is 22.9 Å². The number of pyridine rings is 1. The maximum atomic E-state index is 10.2. The van der Waals surface area contributed by atoms with Crippen LogP contribution in [-0.4, -0.2) is 28.8 Å². The topological polar surface area (TPSA) is 55.5 Å². The predicted molar refractivity (Wildman–Crippen MR) is 106 cm³/mol. The van der Waals surface area contributed by atoms with E-state index in [2.05, 4.69) is 11.1 Å². The molecule has 2 aromatic carbocycles. The van der Waals surface area contributed by atoms with E-state index in [1.165, 1.54) is 0 Å². The van der Waals surface area contributed by atoms with E-state index in [4.69, 9.17) is 9.07 Å². The summed E-state index contributed by atoms with van der Waals surface area (Å²) in [5, 5.41) is 13.4. The third kappa shape index (κ3) is 2.77. The van der Waals surface area contributed by atoms with Crippen molar-refractivity contribution in [3.8, 4) is 0 Å². The molecule has 0 unspecified atom stereocenters. The Labute approximate surface area is 153 Å². The molecule has 2 aromatic heterocycles. The first kappa shape index (κ1) is 17.1. The van der Waals surface area contributed by atoms with Crippen molar-refractivity contribution in [2.75, 3.05) is 0 Å². The highest BCUT2D eigenvalue weighted by molar-refractivity contribution is 6.47. The van der Waals surface area contributed by atoms with E-state index in [1.807, 2.05) is 50.2 Å². The Balaban J connectivity index is 1.74. The van der Waals surface area contributed by atoms with E-state index in [1.54, 1.807) is 27.5 Å². The van der Waals surface area contributed by atoms with E-state index >= 15 is 0 Å². The SMILES string of the molecule is CC(C)(O)C(C)(C)O[B]c1ccc2c(c1)ncc1oc3ccccc3c12. The zero-order chi connectivity index (χ0) is 18.5. The summed E-state index contributed by atoms with van der Waals surface area (Å²) in [5.74, 6) is 0. The number of para-hydroxylation sites is 1. The minimum absolute atomic E-state index is 0.708. The lowest BCUT2D eigenvalue weighted by molar-refractivity contribution is -0.0893. The number of hydrogen-bond donors (Lipinski definition) is 1. The first-order chi connectivity index (χ1) is 12.3. The van der Waals surface area contributed by atoms with Crippen LogP contribution in [0.15, 0.2) is 53.1 Å². The largest absolute Gasteiger partial charge is 0.454 e. The Hall–Kier alpha value is -2.37. The lowest BCUT2D eigenvalue weighted by Crippen LogP contribution is -2.49. The van der Waals surface area contributed by atoms with Crippen molar-refractivity contribution in [2.24, 2.45) is 0 Å². The fourth-order valence-electron chi connectivity index (χ4n) is 2.86. The summed E-state index contributed by atoms with van der Waals surface area (Å²) in [6, 6.07) is 14.0. The second-order valence-corrected chi connectivity index (χ2v) is 7.68. The third-order valence-corrected chi connectivity index (χ3v) is 5.20. The number of nitrogens with zero attached hydrogens (tertiary/aromatic N) is 1. The monoisotopic (exact) mass is 346 g/mol. The predicted octanol–water partition coefficient (Wildman–Crippen LogP) is 3.94. The van der Waals surface area contributed by atoms with E-state index in [-0.39, 0.29) is 0 Å². The second-order valence-electron chi connectivity index (χ2n) is 7.68. The van der Waals surface area contributed by atoms with Crippen LogP contribution in [0.4, 0.5) is 0 Å². The summed E-state index contributed by atoms with van der Waals surface area (Å²) in [4.78, 5) is 4.54. The van der Waals surface area contributed by atoms with Crippen molar-refractivity contribution in [2.45, 2.75) is 38.9 Å². The van der Waals surface area contributed by atoms with Gasteiger partial charge in [0, 0.05) is 16.2 Å². The van der Waals surface area contributed by atoms with Gasteiger partial charge < -0.3 is 14.2 Å². The maximum Gasteiger partial charge on any atom is 0.330 e. The number of hydrogen-bond acceptors (Lipinski definition) is 4. The van der Waals surface area contributed by atoms with Gasteiger partial charge in [0.1, 0.15) is 5.58 Å². The highest BCUT2D eigenvalue weighted by atomic mass is 16.5. The zero-order valence-electron chi connectivity index (χ0n) is 15.4. The van der Waals surface area contributed by atoms with Gasteiger partial charge >= 0.3 is 7.48 Å². The van der Waals surface area contributed by atoms with Crippen LogP contribution >= 0.6 is 0 Å². The Morgan fingerprint density at radius 1 is 1.00 bits per heavy atom. The molecule has 0 aliphatic rings. The standard InChI is InChI=1S/C21H21BNO3/c1-20(2,24)21(3,4)26-22-13-9-10-14-16(11-13)23-12-18-19(14)15-7-5-6-8-17(15)25-18/h5-12,24H,1-4H3. The summed E-state index contributed by atoms with van der Waals surface area (Å²) in [7, 11) is 1.68. The molecule has 26 heavy (non-hydrogen) atoms. The number of aliphatic hydroxyl groups is 1. The molecule has 5 heteroatoms. The molecule has 0 spiro atoms. The molecule has 0 saturated carbocycles. The van der Waals surface area contributed by atoms with E-state index in [0.717, 1.165) is 38.3 Å². The first-order valence-corrected chi connectivity index (χ1v) is 8.70. The van der Waals surface area contributed by atoms with Crippen molar-refractivity contribution in [3.63, 3.8) is 0 Å². The number of rotatable bonds is 4. The van der Waals surface area contributed by atoms with E-state index in [9.17, 15) is 5.11 Å². The zero-order valence-corrected chi connectivity index (χ0v) is 15.4. The van der Waals surface area contributed by atoms with Gasteiger partial charge in [-0.15, -0.1) is 0 Å². The van der Waals surface area contributed by atoms with Crippen molar-refractivity contribution in [1.29, 1.82) is 0 Å². The van der Waals surface area contributed by atoms with Gasteiger partial charge in [0.15, 0.2) is 5.58 Å². The number of fused-ring (bicyclic) bond motifs is 5. The molecule has 0 aliphatic heterocycles. The van der Waals surface area contributed by atoms with Crippen molar-refractivity contribution in [3.05, 3.63) is 48.7 Å². The summed E-state index contributed by atoms with van der Waals surface area (Å²) >= 11 is 0. The molecule has 4 rings (SSSR count). The van der Waals surface area contributed by atoms with Crippen LogP contribution in [0.1, 0.15) is 27.7 Å². The molecule has 0 atom stereocenters. The summed E-state index contributed by atoms with van der Waals surface area (Å²) in [5.41, 5.74) is 1.76. The average molecular weight is 346 g/mol. The van der Waals surface area contributed by atoms with Crippen LogP contribution in [0.3, 0.4) is 0 Å². The quantitative estimate of drug-likeness (QED) is 0.569. The third-order valence-electron chi connectivity index (χ3n) is 5.20. The molecule has 2 heterocycles. The van der Waals surface area contributed by atoms with Gasteiger partial charge in [0.2, 0.25) is 0 Å². The molecule has 131 valence electrons. The van der Waals surface area contributed by atoms with Crippen LogP contribution < -0.4 is 5.46 Å². The molecule has 0 saturated heterocycles. The lowest BCUT2D eigenvalue weighted by Gasteiger charge is -2.37. The average Bonchev–Trinajstić information content (AvgIpc) is 2.97. The highest BCUT2D eigenvalue weighted by Crippen LogP contribution is 2.33. The second kappa shape index (κ2) is 5.83. The molecule has 1 radical (unpaired) electrons. The van der Waals surface area contributed by atoms with Crippen LogP contribution in [-0.2, 0) is 4.65 Å². The number of aromatic nitrogens is 1. The number of furan rings is 1. The molecule has 0 bridgehead atoms. The van der Waals surface area contributed by atoms with Crippen molar-refractivity contribution >= 4 is 45.8 Å². The van der Waals surface area contributed by atoms with Gasteiger partial charge in [-0.25, -0.2) is 0 Å². The fourth-order valence-corrected chi connectivity index (χ4v) is 2.86. The Morgan fingerprint density at radius 3 is 2.54 bits per heavy atom. The van der Waals surface area contributed by atoms with Crippen LogP contribution in [0.2, 0.25) is 0 Å². The minimum atomic E-state index is -0.958. The molecule has 0 fully saturated rings.